The summed E-state index contributed by atoms with van der Waals surface area (Å²) >= 11 is 0. The fourth-order valence-electron chi connectivity index (χ4n) is 1.83. The number of alkyl carbamates (subject to hydrolysis) is 1. The number of ketones is 1. The van der Waals surface area contributed by atoms with Crippen LogP contribution in [0.5, 0.6) is 0 Å². The lowest BCUT2D eigenvalue weighted by Gasteiger charge is -2.06. The van der Waals surface area contributed by atoms with Gasteiger partial charge in [0, 0.05) is 12.8 Å². The van der Waals surface area contributed by atoms with E-state index >= 15 is 0 Å². The third-order valence-electron chi connectivity index (χ3n) is 2.75. The van der Waals surface area contributed by atoms with Crippen LogP contribution in [0.4, 0.5) is 4.79 Å². The summed E-state index contributed by atoms with van der Waals surface area (Å²) in [5.41, 5.74) is 1.03. The van der Waals surface area contributed by atoms with E-state index in [4.69, 9.17) is 4.74 Å². The zero-order valence-electron chi connectivity index (χ0n) is 9.52. The maximum Gasteiger partial charge on any atom is 0.407 e. The molecule has 17 heavy (non-hydrogen) atoms. The summed E-state index contributed by atoms with van der Waals surface area (Å²) in [5.74, 6) is 0.192. The van der Waals surface area contributed by atoms with Gasteiger partial charge in [-0.15, -0.1) is 0 Å². The second-order valence-corrected chi connectivity index (χ2v) is 4.18. The number of carbonyl (C=O) groups excluding carboxylic acids is 2. The lowest BCUT2D eigenvalue weighted by Crippen LogP contribution is -2.26. The molecule has 0 radical (unpaired) electrons. The quantitative estimate of drug-likeness (QED) is 0.842. The summed E-state index contributed by atoms with van der Waals surface area (Å²) in [6.45, 7) is 0.372. The van der Waals surface area contributed by atoms with Crippen molar-refractivity contribution >= 4 is 11.9 Å². The summed E-state index contributed by atoms with van der Waals surface area (Å²) in [4.78, 5) is 22.5. The molecule has 1 aromatic carbocycles. The first-order chi connectivity index (χ1) is 8.24. The van der Waals surface area contributed by atoms with Crippen molar-refractivity contribution in [3.63, 3.8) is 0 Å². The van der Waals surface area contributed by atoms with Crippen molar-refractivity contribution in [3.8, 4) is 0 Å². The van der Waals surface area contributed by atoms with Gasteiger partial charge in [0.25, 0.3) is 0 Å². The van der Waals surface area contributed by atoms with Crippen LogP contribution in [-0.4, -0.2) is 24.5 Å². The predicted octanol–water partition coefficient (Wildman–Crippen LogP) is 1.69. The summed E-state index contributed by atoms with van der Waals surface area (Å²) in [7, 11) is 0. The number of amides is 1. The number of cyclic esters (lactones) is 1. The van der Waals surface area contributed by atoms with Crippen LogP contribution in [0.1, 0.15) is 18.4 Å². The molecule has 4 heteroatoms. The molecule has 0 aliphatic carbocycles. The highest BCUT2D eigenvalue weighted by Gasteiger charge is 2.22. The number of Topliss-reactive ketones (excluding diaryl/α,β-unsaturated/α-hetero) is 1. The van der Waals surface area contributed by atoms with E-state index in [0.717, 1.165) is 5.56 Å². The first-order valence-corrected chi connectivity index (χ1v) is 5.73. The Kier molecular flexibility index (Phi) is 3.75. The number of benzene rings is 1. The standard InChI is InChI=1S/C13H15NO3/c15-12(8-10-4-2-1-3-5-10)7-6-11-9-17-13(16)14-11/h1-5,11H,6-9H2,(H,14,16)/t11-/m0/s1. The van der Waals surface area contributed by atoms with Crippen LogP contribution in [0, 0.1) is 0 Å². The molecule has 0 spiro atoms. The van der Waals surface area contributed by atoms with Crippen molar-refractivity contribution in [2.75, 3.05) is 6.61 Å². The number of carbonyl (C=O) groups is 2. The molecule has 1 heterocycles. The molecular weight excluding hydrogens is 218 g/mol. The first-order valence-electron chi connectivity index (χ1n) is 5.73. The van der Waals surface area contributed by atoms with Gasteiger partial charge in [0.1, 0.15) is 12.4 Å². The average Bonchev–Trinajstić information content (AvgIpc) is 2.74. The summed E-state index contributed by atoms with van der Waals surface area (Å²) in [5, 5.41) is 2.66. The Hall–Kier alpha value is -1.84. The van der Waals surface area contributed by atoms with E-state index in [1.807, 2.05) is 30.3 Å². The van der Waals surface area contributed by atoms with Gasteiger partial charge in [-0.1, -0.05) is 30.3 Å². The molecule has 1 aromatic rings. The van der Waals surface area contributed by atoms with Gasteiger partial charge in [0.15, 0.2) is 0 Å². The van der Waals surface area contributed by atoms with E-state index < -0.39 is 0 Å². The molecule has 0 aromatic heterocycles. The van der Waals surface area contributed by atoms with Crippen molar-refractivity contribution in [2.45, 2.75) is 25.3 Å². The van der Waals surface area contributed by atoms with Gasteiger partial charge >= 0.3 is 6.09 Å². The Morgan fingerprint density at radius 2 is 2.12 bits per heavy atom. The summed E-state index contributed by atoms with van der Waals surface area (Å²) < 4.78 is 4.75. The van der Waals surface area contributed by atoms with Crippen molar-refractivity contribution in [1.29, 1.82) is 0 Å². The van der Waals surface area contributed by atoms with Gasteiger partial charge in [0.05, 0.1) is 6.04 Å². The number of rotatable bonds is 5. The molecule has 1 N–H and O–H groups in total. The molecule has 4 nitrogen and oxygen atoms in total. The van der Waals surface area contributed by atoms with E-state index in [0.29, 0.717) is 25.9 Å². The van der Waals surface area contributed by atoms with Crippen LogP contribution in [0.3, 0.4) is 0 Å². The Bertz CT molecular complexity index is 402. The van der Waals surface area contributed by atoms with Gasteiger partial charge in [0.2, 0.25) is 0 Å². The zero-order chi connectivity index (χ0) is 12.1. The molecule has 90 valence electrons. The monoisotopic (exact) mass is 233 g/mol. The molecule has 2 rings (SSSR count). The number of hydrogen-bond donors (Lipinski definition) is 1. The Morgan fingerprint density at radius 1 is 1.35 bits per heavy atom. The highest BCUT2D eigenvalue weighted by Crippen LogP contribution is 2.08. The molecule has 1 saturated heterocycles. The fraction of sp³-hybridized carbons (Fsp3) is 0.385. The number of ether oxygens (including phenoxy) is 1. The minimum atomic E-state index is -0.384. The van der Waals surface area contributed by atoms with Gasteiger partial charge in [-0.05, 0) is 12.0 Å². The molecule has 0 unspecified atom stereocenters. The second kappa shape index (κ2) is 5.48. The van der Waals surface area contributed by atoms with Gasteiger partial charge in [-0.25, -0.2) is 4.79 Å². The van der Waals surface area contributed by atoms with E-state index in [1.54, 1.807) is 0 Å². The lowest BCUT2D eigenvalue weighted by molar-refractivity contribution is -0.118. The predicted molar refractivity (Wildman–Crippen MR) is 62.7 cm³/mol. The van der Waals surface area contributed by atoms with Crippen molar-refractivity contribution in [3.05, 3.63) is 35.9 Å². The maximum absolute atomic E-state index is 11.7. The van der Waals surface area contributed by atoms with E-state index in [-0.39, 0.29) is 17.9 Å². The summed E-state index contributed by atoms with van der Waals surface area (Å²) in [6.07, 6.45) is 1.20. The highest BCUT2D eigenvalue weighted by atomic mass is 16.6. The number of hydrogen-bond acceptors (Lipinski definition) is 3. The molecule has 1 atom stereocenters. The van der Waals surface area contributed by atoms with Crippen LogP contribution < -0.4 is 5.32 Å². The SMILES string of the molecule is O=C(CC[C@H]1COC(=O)N1)Cc1ccccc1. The summed E-state index contributed by atoms with van der Waals surface area (Å²) in [6, 6.07) is 9.65. The number of nitrogens with one attached hydrogen (secondary N) is 1. The molecular formula is C13H15NO3. The minimum Gasteiger partial charge on any atom is -0.447 e. The molecule has 1 amide bonds. The smallest absolute Gasteiger partial charge is 0.407 e. The molecule has 1 aliphatic heterocycles. The van der Waals surface area contributed by atoms with Crippen molar-refractivity contribution < 1.29 is 14.3 Å². The topological polar surface area (TPSA) is 55.4 Å². The van der Waals surface area contributed by atoms with Gasteiger partial charge in [-0.2, -0.15) is 0 Å². The van der Waals surface area contributed by atoms with E-state index in [9.17, 15) is 9.59 Å². The third kappa shape index (κ3) is 3.59. The van der Waals surface area contributed by atoms with E-state index in [2.05, 4.69) is 5.32 Å². The first kappa shape index (κ1) is 11.6. The molecule has 0 saturated carbocycles. The Labute approximate surface area is 100.0 Å². The highest BCUT2D eigenvalue weighted by molar-refractivity contribution is 5.81. The van der Waals surface area contributed by atoms with Gasteiger partial charge in [-0.3, -0.25) is 4.79 Å². The van der Waals surface area contributed by atoms with Crippen LogP contribution >= 0.6 is 0 Å². The van der Waals surface area contributed by atoms with Crippen LogP contribution in [0.15, 0.2) is 30.3 Å². The third-order valence-corrected chi connectivity index (χ3v) is 2.75. The Morgan fingerprint density at radius 3 is 2.76 bits per heavy atom. The average molecular weight is 233 g/mol. The lowest BCUT2D eigenvalue weighted by atomic mass is 10.0. The zero-order valence-corrected chi connectivity index (χ0v) is 9.52. The van der Waals surface area contributed by atoms with Gasteiger partial charge < -0.3 is 10.1 Å². The molecule has 1 aliphatic rings. The minimum absolute atomic E-state index is 0.0118. The van der Waals surface area contributed by atoms with Crippen molar-refractivity contribution in [1.82, 2.24) is 5.32 Å². The maximum atomic E-state index is 11.7. The van der Waals surface area contributed by atoms with Crippen LogP contribution in [-0.2, 0) is 16.0 Å². The normalized spacial score (nSPS) is 18.6. The second-order valence-electron chi connectivity index (χ2n) is 4.18. The Balaban J connectivity index is 1.73. The van der Waals surface area contributed by atoms with Crippen LogP contribution in [0.25, 0.3) is 0 Å². The van der Waals surface area contributed by atoms with E-state index in [1.165, 1.54) is 0 Å². The van der Waals surface area contributed by atoms with Crippen molar-refractivity contribution in [2.24, 2.45) is 0 Å². The molecule has 1 fully saturated rings. The largest absolute Gasteiger partial charge is 0.447 e. The fourth-order valence-corrected chi connectivity index (χ4v) is 1.83. The van der Waals surface area contributed by atoms with Crippen LogP contribution in [0.2, 0.25) is 0 Å². The molecule has 0 bridgehead atoms.